The minimum atomic E-state index is 1.11. The molecule has 0 unspecified atom stereocenters. The van der Waals surface area contributed by atoms with E-state index >= 15 is 0 Å². The lowest BCUT2D eigenvalue weighted by Crippen LogP contribution is -1.91. The fraction of sp³-hybridized carbons (Fsp3) is 0. The maximum atomic E-state index is 3.52. The number of benzene rings is 3. The van der Waals surface area contributed by atoms with E-state index in [1.165, 1.54) is 27.7 Å². The van der Waals surface area contributed by atoms with Gasteiger partial charge in [-0.2, -0.15) is 0 Å². The number of hydrogen-bond donors (Lipinski definition) is 0. The van der Waals surface area contributed by atoms with Gasteiger partial charge in [0, 0.05) is 21.7 Å². The van der Waals surface area contributed by atoms with Crippen molar-refractivity contribution >= 4 is 26.8 Å². The molecule has 0 fully saturated rings. The van der Waals surface area contributed by atoms with E-state index in [-0.39, 0.29) is 0 Å². The number of hydrogen-bond acceptors (Lipinski definition) is 0. The van der Waals surface area contributed by atoms with Crippen molar-refractivity contribution in [3.63, 3.8) is 0 Å². The Labute approximate surface area is 138 Å². The lowest BCUT2D eigenvalue weighted by molar-refractivity contribution is 1.13. The lowest BCUT2D eigenvalue weighted by atomic mass is 10.1. The van der Waals surface area contributed by atoms with Crippen molar-refractivity contribution in [3.8, 4) is 16.8 Å². The lowest BCUT2D eigenvalue weighted by Gasteiger charge is -2.07. The standard InChI is InChI=1S/C20H14BrN/c21-18-8-11-20-17(14-18)12-13-22(20)19-9-6-16(7-10-19)15-4-2-1-3-5-15/h1-14H. The first kappa shape index (κ1) is 13.4. The van der Waals surface area contributed by atoms with Gasteiger partial charge in [0.1, 0.15) is 0 Å². The van der Waals surface area contributed by atoms with Crippen LogP contribution in [0.5, 0.6) is 0 Å². The summed E-state index contributed by atoms with van der Waals surface area (Å²) in [6, 6.07) is 27.7. The van der Waals surface area contributed by atoms with Gasteiger partial charge in [0.05, 0.1) is 5.52 Å². The molecule has 0 bridgehead atoms. The molecule has 0 amide bonds. The summed E-state index contributed by atoms with van der Waals surface area (Å²) in [6.45, 7) is 0. The number of halogens is 1. The van der Waals surface area contributed by atoms with Crippen LogP contribution in [0.1, 0.15) is 0 Å². The van der Waals surface area contributed by atoms with Gasteiger partial charge in [-0.15, -0.1) is 0 Å². The fourth-order valence-corrected chi connectivity index (χ4v) is 3.16. The van der Waals surface area contributed by atoms with Crippen molar-refractivity contribution in [2.75, 3.05) is 0 Å². The van der Waals surface area contributed by atoms with Crippen molar-refractivity contribution in [1.82, 2.24) is 4.57 Å². The molecule has 1 aromatic heterocycles. The van der Waals surface area contributed by atoms with E-state index in [1.807, 2.05) is 6.07 Å². The summed E-state index contributed by atoms with van der Waals surface area (Å²) in [5.74, 6) is 0. The van der Waals surface area contributed by atoms with Gasteiger partial charge in [-0.1, -0.05) is 58.4 Å². The maximum absolute atomic E-state index is 3.52. The van der Waals surface area contributed by atoms with Crippen LogP contribution in [0.4, 0.5) is 0 Å². The van der Waals surface area contributed by atoms with E-state index < -0.39 is 0 Å². The van der Waals surface area contributed by atoms with E-state index in [0.717, 1.165) is 4.47 Å². The first-order valence-corrected chi connectivity index (χ1v) is 8.03. The average molecular weight is 348 g/mol. The molecule has 22 heavy (non-hydrogen) atoms. The Kier molecular flexibility index (Phi) is 3.32. The summed E-state index contributed by atoms with van der Waals surface area (Å²) >= 11 is 3.52. The molecule has 0 saturated heterocycles. The molecule has 1 heterocycles. The van der Waals surface area contributed by atoms with Gasteiger partial charge in [-0.05, 0) is 47.5 Å². The number of aromatic nitrogens is 1. The van der Waals surface area contributed by atoms with E-state index in [1.54, 1.807) is 0 Å². The van der Waals surface area contributed by atoms with Crippen LogP contribution in [-0.4, -0.2) is 4.57 Å². The van der Waals surface area contributed by atoms with Crippen LogP contribution in [0.25, 0.3) is 27.7 Å². The molecular formula is C20H14BrN. The van der Waals surface area contributed by atoms with Crippen LogP contribution in [0.3, 0.4) is 0 Å². The van der Waals surface area contributed by atoms with Gasteiger partial charge in [0.2, 0.25) is 0 Å². The Morgan fingerprint density at radius 3 is 2.18 bits per heavy atom. The van der Waals surface area contributed by atoms with Crippen LogP contribution in [0, 0.1) is 0 Å². The molecule has 0 atom stereocenters. The van der Waals surface area contributed by atoms with Crippen LogP contribution in [0.15, 0.2) is 89.5 Å². The van der Waals surface area contributed by atoms with Crippen molar-refractivity contribution in [3.05, 3.63) is 89.5 Å². The highest BCUT2D eigenvalue weighted by molar-refractivity contribution is 9.10. The van der Waals surface area contributed by atoms with Crippen molar-refractivity contribution < 1.29 is 0 Å². The summed E-state index contributed by atoms with van der Waals surface area (Å²) in [6.07, 6.45) is 2.12. The minimum Gasteiger partial charge on any atom is -0.317 e. The summed E-state index contributed by atoms with van der Waals surface area (Å²) in [7, 11) is 0. The van der Waals surface area contributed by atoms with Gasteiger partial charge in [0.15, 0.2) is 0 Å². The molecule has 4 aromatic rings. The second-order valence-corrected chi connectivity index (χ2v) is 6.22. The molecule has 0 aliphatic rings. The highest BCUT2D eigenvalue weighted by Gasteiger charge is 2.04. The average Bonchev–Trinajstić information content (AvgIpc) is 2.99. The van der Waals surface area contributed by atoms with Crippen LogP contribution in [0.2, 0.25) is 0 Å². The molecular weight excluding hydrogens is 334 g/mol. The highest BCUT2D eigenvalue weighted by Crippen LogP contribution is 2.26. The highest BCUT2D eigenvalue weighted by atomic mass is 79.9. The van der Waals surface area contributed by atoms with E-state index in [0.29, 0.717) is 0 Å². The Hall–Kier alpha value is -2.32. The van der Waals surface area contributed by atoms with E-state index in [2.05, 4.69) is 99.5 Å². The topological polar surface area (TPSA) is 4.93 Å². The second-order valence-electron chi connectivity index (χ2n) is 5.30. The number of fused-ring (bicyclic) bond motifs is 1. The van der Waals surface area contributed by atoms with E-state index in [4.69, 9.17) is 0 Å². The Morgan fingerprint density at radius 2 is 1.41 bits per heavy atom. The molecule has 1 nitrogen and oxygen atoms in total. The molecule has 3 aromatic carbocycles. The summed E-state index contributed by atoms with van der Waals surface area (Å²) in [5, 5.41) is 1.24. The fourth-order valence-electron chi connectivity index (χ4n) is 2.78. The Bertz CT molecular complexity index is 921. The van der Waals surface area contributed by atoms with Crippen LogP contribution in [-0.2, 0) is 0 Å². The SMILES string of the molecule is Brc1ccc2c(ccn2-c2ccc(-c3ccccc3)cc2)c1. The molecule has 2 heteroatoms. The number of nitrogens with zero attached hydrogens (tertiary/aromatic N) is 1. The molecule has 0 N–H and O–H groups in total. The molecule has 106 valence electrons. The Balaban J connectivity index is 1.76. The summed E-state index contributed by atoms with van der Waals surface area (Å²) < 4.78 is 3.33. The van der Waals surface area contributed by atoms with Crippen molar-refractivity contribution in [2.24, 2.45) is 0 Å². The monoisotopic (exact) mass is 347 g/mol. The second kappa shape index (κ2) is 5.47. The zero-order chi connectivity index (χ0) is 14.9. The molecule has 0 radical (unpaired) electrons. The molecule has 0 spiro atoms. The largest absolute Gasteiger partial charge is 0.317 e. The smallest absolute Gasteiger partial charge is 0.0529 e. The van der Waals surface area contributed by atoms with Gasteiger partial charge in [-0.3, -0.25) is 0 Å². The minimum absolute atomic E-state index is 1.11. The third-order valence-electron chi connectivity index (χ3n) is 3.90. The zero-order valence-electron chi connectivity index (χ0n) is 11.9. The summed E-state index contributed by atoms with van der Waals surface area (Å²) in [4.78, 5) is 0. The maximum Gasteiger partial charge on any atom is 0.0529 e. The molecule has 0 aliphatic heterocycles. The zero-order valence-corrected chi connectivity index (χ0v) is 13.5. The quantitative estimate of drug-likeness (QED) is 0.415. The van der Waals surface area contributed by atoms with Gasteiger partial charge >= 0.3 is 0 Å². The first-order valence-electron chi connectivity index (χ1n) is 7.24. The van der Waals surface area contributed by atoms with E-state index in [9.17, 15) is 0 Å². The molecule has 4 rings (SSSR count). The van der Waals surface area contributed by atoms with Gasteiger partial charge < -0.3 is 4.57 Å². The predicted molar refractivity (Wildman–Crippen MR) is 96.4 cm³/mol. The normalized spacial score (nSPS) is 11.0. The van der Waals surface area contributed by atoms with Crippen molar-refractivity contribution in [2.45, 2.75) is 0 Å². The third kappa shape index (κ3) is 2.36. The first-order chi connectivity index (χ1) is 10.8. The molecule has 0 aliphatic carbocycles. The van der Waals surface area contributed by atoms with Crippen LogP contribution >= 0.6 is 15.9 Å². The van der Waals surface area contributed by atoms with Gasteiger partial charge in [0.25, 0.3) is 0 Å². The van der Waals surface area contributed by atoms with Crippen molar-refractivity contribution in [1.29, 1.82) is 0 Å². The summed E-state index contributed by atoms with van der Waals surface area (Å²) in [5.41, 5.74) is 4.88. The van der Waals surface area contributed by atoms with Gasteiger partial charge in [-0.25, -0.2) is 0 Å². The third-order valence-corrected chi connectivity index (χ3v) is 4.40. The Morgan fingerprint density at radius 1 is 0.682 bits per heavy atom. The number of rotatable bonds is 2. The molecule has 0 saturated carbocycles. The predicted octanol–water partition coefficient (Wildman–Crippen LogP) is 6.06. The van der Waals surface area contributed by atoms with Crippen LogP contribution < -0.4 is 0 Å².